The summed E-state index contributed by atoms with van der Waals surface area (Å²) < 4.78 is 11.0. The van der Waals surface area contributed by atoms with Crippen molar-refractivity contribution in [2.24, 2.45) is 11.8 Å². The SMILES string of the molecule is COC(=O)CC1C(Cl)CC(O)C1C(C)(C)O[SiH2]C(C)(C)C. The second-order valence-electron chi connectivity index (χ2n) is 7.74. The van der Waals surface area contributed by atoms with Crippen molar-refractivity contribution < 1.29 is 19.1 Å². The van der Waals surface area contributed by atoms with E-state index < -0.39 is 21.5 Å². The standard InChI is InChI=1S/C15H29ClO4Si/c1-14(2,3)21-20-15(4,5)13-9(7-12(18)19-6)10(16)8-11(13)17/h9-11,13,17H,7-8,21H2,1-6H3. The van der Waals surface area contributed by atoms with Crippen molar-refractivity contribution in [3.63, 3.8) is 0 Å². The lowest BCUT2D eigenvalue weighted by Crippen LogP contribution is -2.45. The van der Waals surface area contributed by atoms with Crippen LogP contribution in [0.15, 0.2) is 0 Å². The van der Waals surface area contributed by atoms with Crippen LogP contribution in [0.4, 0.5) is 0 Å². The maximum Gasteiger partial charge on any atom is 0.305 e. The first-order chi connectivity index (χ1) is 9.48. The van der Waals surface area contributed by atoms with Gasteiger partial charge in [0.05, 0.1) is 25.2 Å². The minimum Gasteiger partial charge on any atom is -0.469 e. The average Bonchev–Trinajstić information content (AvgIpc) is 2.61. The number of rotatable bonds is 5. The highest BCUT2D eigenvalue weighted by atomic mass is 35.5. The van der Waals surface area contributed by atoms with E-state index in [2.05, 4.69) is 20.8 Å². The molecule has 0 amide bonds. The molecule has 1 aliphatic carbocycles. The molecule has 0 aromatic rings. The van der Waals surface area contributed by atoms with Crippen LogP contribution in [0.1, 0.15) is 47.5 Å². The molecule has 0 bridgehead atoms. The van der Waals surface area contributed by atoms with Crippen molar-refractivity contribution in [3.05, 3.63) is 0 Å². The highest BCUT2D eigenvalue weighted by Crippen LogP contribution is 2.45. The molecule has 1 fully saturated rings. The van der Waals surface area contributed by atoms with Gasteiger partial charge < -0.3 is 14.3 Å². The van der Waals surface area contributed by atoms with E-state index in [1.807, 2.05) is 13.8 Å². The number of halogens is 1. The van der Waals surface area contributed by atoms with E-state index in [4.69, 9.17) is 20.8 Å². The molecule has 6 heteroatoms. The normalized spacial score (nSPS) is 31.0. The van der Waals surface area contributed by atoms with Crippen molar-refractivity contribution in [1.82, 2.24) is 0 Å². The second kappa shape index (κ2) is 6.98. The zero-order valence-electron chi connectivity index (χ0n) is 14.0. The topological polar surface area (TPSA) is 55.8 Å². The van der Waals surface area contributed by atoms with Crippen LogP contribution in [0, 0.1) is 11.8 Å². The molecule has 1 saturated carbocycles. The quantitative estimate of drug-likeness (QED) is 0.475. The number of carbonyl (C=O) groups excluding carboxylic acids is 1. The van der Waals surface area contributed by atoms with Gasteiger partial charge in [0.1, 0.15) is 0 Å². The molecule has 0 aromatic heterocycles. The molecule has 0 spiro atoms. The average molecular weight is 337 g/mol. The molecule has 124 valence electrons. The third-order valence-corrected chi connectivity index (χ3v) is 6.37. The molecule has 0 aliphatic heterocycles. The van der Waals surface area contributed by atoms with Crippen LogP contribution in [0.3, 0.4) is 0 Å². The van der Waals surface area contributed by atoms with E-state index in [1.165, 1.54) is 7.11 Å². The van der Waals surface area contributed by atoms with Gasteiger partial charge in [-0.25, -0.2) is 0 Å². The van der Waals surface area contributed by atoms with Crippen LogP contribution >= 0.6 is 11.6 Å². The monoisotopic (exact) mass is 336 g/mol. The summed E-state index contributed by atoms with van der Waals surface area (Å²) >= 11 is 6.35. The summed E-state index contributed by atoms with van der Waals surface area (Å²) in [5.41, 5.74) is -0.485. The molecule has 0 heterocycles. The zero-order valence-corrected chi connectivity index (χ0v) is 16.2. The van der Waals surface area contributed by atoms with Crippen LogP contribution in [0.2, 0.25) is 5.04 Å². The second-order valence-corrected chi connectivity index (χ2v) is 11.0. The van der Waals surface area contributed by atoms with Crippen molar-refractivity contribution in [2.75, 3.05) is 7.11 Å². The minimum absolute atomic E-state index is 0.113. The summed E-state index contributed by atoms with van der Waals surface area (Å²) in [7, 11) is 0.622. The lowest BCUT2D eigenvalue weighted by Gasteiger charge is -2.39. The van der Waals surface area contributed by atoms with Gasteiger partial charge in [0.2, 0.25) is 0 Å². The van der Waals surface area contributed by atoms with Gasteiger partial charge in [-0.3, -0.25) is 4.79 Å². The number of aliphatic hydroxyl groups is 1. The predicted molar refractivity (Wildman–Crippen MR) is 87.3 cm³/mol. The van der Waals surface area contributed by atoms with Crippen LogP contribution in [-0.2, 0) is 14.0 Å². The Balaban J connectivity index is 2.86. The maximum absolute atomic E-state index is 11.6. The van der Waals surface area contributed by atoms with Crippen molar-refractivity contribution in [2.45, 2.75) is 69.6 Å². The Hall–Kier alpha value is -0.103. The first-order valence-electron chi connectivity index (χ1n) is 7.51. The molecule has 1 rings (SSSR count). The molecule has 1 N–H and O–H groups in total. The molecule has 0 radical (unpaired) electrons. The Morgan fingerprint density at radius 1 is 1.33 bits per heavy atom. The first kappa shape index (κ1) is 18.9. The van der Waals surface area contributed by atoms with Gasteiger partial charge in [0.25, 0.3) is 0 Å². The Bertz CT molecular complexity index is 367. The first-order valence-corrected chi connectivity index (χ1v) is 9.23. The highest BCUT2D eigenvalue weighted by molar-refractivity contribution is 6.31. The third-order valence-electron chi connectivity index (χ3n) is 4.12. The minimum atomic E-state index is -0.753. The summed E-state index contributed by atoms with van der Waals surface area (Å²) in [6, 6.07) is 0. The molecule has 0 saturated heterocycles. The van der Waals surface area contributed by atoms with Gasteiger partial charge in [0.15, 0.2) is 9.76 Å². The third kappa shape index (κ3) is 5.23. The molecule has 1 aliphatic rings. The Labute approximate surface area is 135 Å². The summed E-state index contributed by atoms with van der Waals surface area (Å²) in [5.74, 6) is -0.541. The highest BCUT2D eigenvalue weighted by Gasteiger charge is 2.50. The van der Waals surface area contributed by atoms with E-state index in [9.17, 15) is 9.90 Å². The van der Waals surface area contributed by atoms with E-state index in [0.29, 0.717) is 6.42 Å². The molecule has 4 atom stereocenters. The largest absolute Gasteiger partial charge is 0.469 e. The van der Waals surface area contributed by atoms with Gasteiger partial charge in [-0.1, -0.05) is 20.8 Å². The number of hydrogen-bond acceptors (Lipinski definition) is 4. The Morgan fingerprint density at radius 2 is 1.90 bits per heavy atom. The Kier molecular flexibility index (Phi) is 6.30. The number of alkyl halides is 1. The predicted octanol–water partition coefficient (Wildman–Crippen LogP) is 2.25. The summed E-state index contributed by atoms with van der Waals surface area (Å²) in [6.07, 6.45) is 0.194. The number of aliphatic hydroxyl groups excluding tert-OH is 1. The van der Waals surface area contributed by atoms with Crippen molar-refractivity contribution in [1.29, 1.82) is 0 Å². The lowest BCUT2D eigenvalue weighted by molar-refractivity contribution is -0.143. The summed E-state index contributed by atoms with van der Waals surface area (Å²) in [5, 5.41) is 10.3. The summed E-state index contributed by atoms with van der Waals surface area (Å²) in [4.78, 5) is 11.6. The van der Waals surface area contributed by atoms with Gasteiger partial charge >= 0.3 is 5.97 Å². The number of esters is 1. The molecule has 4 unspecified atom stereocenters. The van der Waals surface area contributed by atoms with Gasteiger partial charge in [-0.2, -0.15) is 0 Å². The Morgan fingerprint density at radius 3 is 2.38 bits per heavy atom. The van der Waals surface area contributed by atoms with Crippen LogP contribution < -0.4 is 0 Å². The fourth-order valence-corrected chi connectivity index (χ4v) is 4.50. The maximum atomic E-state index is 11.6. The van der Waals surface area contributed by atoms with E-state index in [-0.39, 0.29) is 34.6 Å². The number of methoxy groups -OCH3 is 1. The van der Waals surface area contributed by atoms with Crippen LogP contribution in [0.5, 0.6) is 0 Å². The van der Waals surface area contributed by atoms with E-state index >= 15 is 0 Å². The molecule has 0 aromatic carbocycles. The van der Waals surface area contributed by atoms with Crippen molar-refractivity contribution in [3.8, 4) is 0 Å². The van der Waals surface area contributed by atoms with Gasteiger partial charge in [-0.05, 0) is 31.2 Å². The van der Waals surface area contributed by atoms with Crippen LogP contribution in [0.25, 0.3) is 0 Å². The van der Waals surface area contributed by atoms with E-state index in [1.54, 1.807) is 0 Å². The fourth-order valence-electron chi connectivity index (χ4n) is 3.07. The number of ether oxygens (including phenoxy) is 1. The van der Waals surface area contributed by atoms with Crippen LogP contribution in [-0.4, -0.2) is 45.0 Å². The smallest absolute Gasteiger partial charge is 0.305 e. The molecular weight excluding hydrogens is 308 g/mol. The number of carbonyl (C=O) groups is 1. The summed E-state index contributed by atoms with van der Waals surface area (Å²) in [6.45, 7) is 10.5. The van der Waals surface area contributed by atoms with Gasteiger partial charge in [-0.15, -0.1) is 11.6 Å². The van der Waals surface area contributed by atoms with Gasteiger partial charge in [0, 0.05) is 11.3 Å². The van der Waals surface area contributed by atoms with E-state index in [0.717, 1.165) is 0 Å². The molecule has 21 heavy (non-hydrogen) atoms. The zero-order chi connectivity index (χ0) is 16.4. The molecule has 4 nitrogen and oxygen atoms in total. The number of hydrogen-bond donors (Lipinski definition) is 1. The lowest BCUT2D eigenvalue weighted by atomic mass is 9.80. The fraction of sp³-hybridized carbons (Fsp3) is 0.933. The molecular formula is C15H29ClO4Si. The van der Waals surface area contributed by atoms with Crippen molar-refractivity contribution >= 4 is 27.3 Å².